The van der Waals surface area contributed by atoms with Crippen LogP contribution in [0.4, 0.5) is 0 Å². The van der Waals surface area contributed by atoms with Crippen LogP contribution >= 0.6 is 0 Å². The number of carbonyl (C=O) groups is 3. The topological polar surface area (TPSA) is 78.9 Å². The van der Waals surface area contributed by atoms with E-state index in [0.29, 0.717) is 19.3 Å². The van der Waals surface area contributed by atoms with Crippen LogP contribution in [0.25, 0.3) is 0 Å². The highest BCUT2D eigenvalue weighted by Gasteiger charge is 2.19. The van der Waals surface area contributed by atoms with Gasteiger partial charge in [-0.05, 0) is 128 Å². The number of unbranched alkanes of at least 4 members (excludes halogenated alkanes) is 17. The van der Waals surface area contributed by atoms with Crippen molar-refractivity contribution in [2.24, 2.45) is 0 Å². The highest BCUT2D eigenvalue weighted by molar-refractivity contribution is 5.71. The Labute approximate surface area is 510 Å². The van der Waals surface area contributed by atoms with E-state index in [9.17, 15) is 14.4 Å². The molecule has 6 nitrogen and oxygen atoms in total. The number of carbonyl (C=O) groups excluding carboxylic acids is 3. The highest BCUT2D eigenvalue weighted by atomic mass is 16.6. The summed E-state index contributed by atoms with van der Waals surface area (Å²) in [6.45, 7) is 6.32. The Hall–Kier alpha value is -5.49. The van der Waals surface area contributed by atoms with E-state index >= 15 is 0 Å². The largest absolute Gasteiger partial charge is 0.462 e. The smallest absolute Gasteiger partial charge is 0.306 e. The van der Waals surface area contributed by atoms with E-state index in [4.69, 9.17) is 14.2 Å². The van der Waals surface area contributed by atoms with Crippen molar-refractivity contribution in [3.05, 3.63) is 182 Å². The van der Waals surface area contributed by atoms with E-state index in [1.54, 1.807) is 0 Å². The first kappa shape index (κ1) is 77.5. The first-order valence-corrected chi connectivity index (χ1v) is 33.3. The molecule has 0 bridgehead atoms. The molecule has 464 valence electrons. The Balaban J connectivity index is 4.35. The zero-order valence-electron chi connectivity index (χ0n) is 53.1. The van der Waals surface area contributed by atoms with Gasteiger partial charge in [-0.3, -0.25) is 14.4 Å². The summed E-state index contributed by atoms with van der Waals surface area (Å²) in [5, 5.41) is 0. The molecule has 0 saturated heterocycles. The number of hydrogen-bond donors (Lipinski definition) is 0. The molecule has 0 fully saturated rings. The fourth-order valence-electron chi connectivity index (χ4n) is 8.52. The third-order valence-corrected chi connectivity index (χ3v) is 13.4. The second-order valence-corrected chi connectivity index (χ2v) is 21.3. The molecule has 1 atom stereocenters. The molecule has 0 heterocycles. The predicted molar refractivity (Wildman–Crippen MR) is 361 cm³/mol. The van der Waals surface area contributed by atoms with Gasteiger partial charge in [-0.15, -0.1) is 0 Å². The number of rotatable bonds is 58. The van der Waals surface area contributed by atoms with Crippen molar-refractivity contribution in [2.75, 3.05) is 13.2 Å². The number of ether oxygens (including phenoxy) is 3. The molecular formula is C77H120O6. The van der Waals surface area contributed by atoms with E-state index in [-0.39, 0.29) is 31.6 Å². The van der Waals surface area contributed by atoms with Crippen LogP contribution in [0.2, 0.25) is 0 Å². The lowest BCUT2D eigenvalue weighted by Crippen LogP contribution is -2.30. The van der Waals surface area contributed by atoms with Crippen molar-refractivity contribution in [1.29, 1.82) is 0 Å². The van der Waals surface area contributed by atoms with E-state index in [1.807, 2.05) is 12.2 Å². The SMILES string of the molecule is CC/C=C\C/C=C\C/C=C\C/C=C\C/C=C\C/C=C\C/C=C\C/C=C\C/C=C\CCCCCCCCCC(=O)OCC(COC(=O)CCCCCCCCCCCCC)OC(=O)CC/C=C\C/C=C\C/C=C\C/C=C\C/C=C\C/C=C\CC. The van der Waals surface area contributed by atoms with E-state index in [2.05, 4.69) is 191 Å². The molecule has 6 heteroatoms. The molecule has 0 aromatic heterocycles. The van der Waals surface area contributed by atoms with Gasteiger partial charge in [0.1, 0.15) is 13.2 Å². The molecule has 83 heavy (non-hydrogen) atoms. The summed E-state index contributed by atoms with van der Waals surface area (Å²) in [6.07, 6.45) is 103. The van der Waals surface area contributed by atoms with Crippen molar-refractivity contribution >= 4 is 17.9 Å². The van der Waals surface area contributed by atoms with Gasteiger partial charge in [0.25, 0.3) is 0 Å². The molecule has 0 amide bonds. The van der Waals surface area contributed by atoms with Gasteiger partial charge in [-0.25, -0.2) is 0 Å². The standard InChI is InChI=1S/C77H120O6/c1-4-7-10-13-16-19-22-24-26-28-30-31-32-33-34-35-36-37-38-39-40-41-42-43-44-45-47-48-50-52-55-58-61-64-67-70-76(79)82-73-74(72-81-75(78)69-66-63-60-57-54-21-18-15-12-9-6-3)83-77(80)71-68-65-62-59-56-53-51-49-46-29-27-25-23-20-17-14-11-8-5-2/h7-8,10-11,16-17,19-20,24-27,30-31,33-34,36-37,39-40,42-43,45-47,49,53,56,62,65,74H,4-6,9,12-15,18,21-23,28-29,32,35,38,41,44,48,50-52,54-55,57-61,63-64,66-73H2,1-3H3/b10-7-,11-8-,19-16-,20-17-,26-24-,27-25-,31-30-,34-33-,37-36-,40-39-,43-42-,47-45-,49-46-,56-53-,65-62-. The van der Waals surface area contributed by atoms with Gasteiger partial charge in [0.05, 0.1) is 0 Å². The lowest BCUT2D eigenvalue weighted by molar-refractivity contribution is -0.166. The van der Waals surface area contributed by atoms with Gasteiger partial charge in [0.15, 0.2) is 6.10 Å². The third kappa shape index (κ3) is 67.2. The average molecular weight is 1140 g/mol. The summed E-state index contributed by atoms with van der Waals surface area (Å²) < 4.78 is 16.8. The van der Waals surface area contributed by atoms with Crippen molar-refractivity contribution < 1.29 is 28.6 Å². The average Bonchev–Trinajstić information content (AvgIpc) is 3.48. The summed E-state index contributed by atoms with van der Waals surface area (Å²) in [4.78, 5) is 38.2. The van der Waals surface area contributed by atoms with Crippen LogP contribution in [-0.4, -0.2) is 37.2 Å². The summed E-state index contributed by atoms with van der Waals surface area (Å²) in [6, 6.07) is 0. The first-order chi connectivity index (χ1) is 41.0. The molecule has 0 radical (unpaired) electrons. The maximum Gasteiger partial charge on any atom is 0.306 e. The number of esters is 3. The maximum atomic E-state index is 12.9. The fourth-order valence-corrected chi connectivity index (χ4v) is 8.52. The fraction of sp³-hybridized carbons (Fsp3) is 0.571. The van der Waals surface area contributed by atoms with Crippen LogP contribution < -0.4 is 0 Å². The van der Waals surface area contributed by atoms with Crippen LogP contribution in [0.3, 0.4) is 0 Å². The van der Waals surface area contributed by atoms with Crippen molar-refractivity contribution in [3.8, 4) is 0 Å². The molecule has 0 aliphatic rings. The normalized spacial score (nSPS) is 13.3. The molecule has 0 aromatic rings. The van der Waals surface area contributed by atoms with Crippen molar-refractivity contribution in [1.82, 2.24) is 0 Å². The molecule has 0 aromatic carbocycles. The lowest BCUT2D eigenvalue weighted by atomic mass is 10.1. The molecule has 0 rings (SSSR count). The van der Waals surface area contributed by atoms with Crippen molar-refractivity contribution in [3.63, 3.8) is 0 Å². The summed E-state index contributed by atoms with van der Waals surface area (Å²) in [5.74, 6) is -1.02. The maximum absolute atomic E-state index is 12.9. The Kier molecular flexibility index (Phi) is 64.4. The predicted octanol–water partition coefficient (Wildman–Crippen LogP) is 23.2. The Bertz CT molecular complexity index is 1940. The monoisotopic (exact) mass is 1140 g/mol. The Morgan fingerprint density at radius 2 is 0.494 bits per heavy atom. The zero-order chi connectivity index (χ0) is 59.9. The minimum absolute atomic E-state index is 0.117. The quantitative estimate of drug-likeness (QED) is 0.0261. The molecular weight excluding hydrogens is 1020 g/mol. The summed E-state index contributed by atoms with van der Waals surface area (Å²) in [7, 11) is 0. The molecule has 0 saturated carbocycles. The first-order valence-electron chi connectivity index (χ1n) is 33.3. The van der Waals surface area contributed by atoms with Crippen LogP contribution in [0.5, 0.6) is 0 Å². The Morgan fingerprint density at radius 3 is 0.783 bits per heavy atom. The Morgan fingerprint density at radius 1 is 0.253 bits per heavy atom. The number of allylic oxidation sites excluding steroid dienone is 30. The lowest BCUT2D eigenvalue weighted by Gasteiger charge is -2.18. The molecule has 1 unspecified atom stereocenters. The third-order valence-electron chi connectivity index (χ3n) is 13.4. The minimum Gasteiger partial charge on any atom is -0.462 e. The van der Waals surface area contributed by atoms with Crippen LogP contribution in [0.15, 0.2) is 182 Å². The van der Waals surface area contributed by atoms with Crippen LogP contribution in [0.1, 0.15) is 265 Å². The van der Waals surface area contributed by atoms with Gasteiger partial charge in [-0.2, -0.15) is 0 Å². The number of hydrogen-bond acceptors (Lipinski definition) is 6. The van der Waals surface area contributed by atoms with Crippen molar-refractivity contribution in [2.45, 2.75) is 271 Å². The molecule has 0 aliphatic heterocycles. The summed E-state index contributed by atoms with van der Waals surface area (Å²) in [5.41, 5.74) is 0. The zero-order valence-corrected chi connectivity index (χ0v) is 53.1. The molecule has 0 aliphatic carbocycles. The molecule has 0 spiro atoms. The second-order valence-electron chi connectivity index (χ2n) is 21.3. The van der Waals surface area contributed by atoms with Gasteiger partial charge in [-0.1, -0.05) is 299 Å². The van der Waals surface area contributed by atoms with E-state index in [0.717, 1.165) is 148 Å². The van der Waals surface area contributed by atoms with Gasteiger partial charge in [0, 0.05) is 19.3 Å². The van der Waals surface area contributed by atoms with Gasteiger partial charge < -0.3 is 14.2 Å². The van der Waals surface area contributed by atoms with Crippen LogP contribution in [-0.2, 0) is 28.6 Å². The minimum atomic E-state index is -0.831. The summed E-state index contributed by atoms with van der Waals surface area (Å²) >= 11 is 0. The van der Waals surface area contributed by atoms with E-state index in [1.165, 1.54) is 70.6 Å². The van der Waals surface area contributed by atoms with Gasteiger partial charge >= 0.3 is 17.9 Å². The van der Waals surface area contributed by atoms with Crippen LogP contribution in [0, 0.1) is 0 Å². The second kappa shape index (κ2) is 69.0. The molecule has 0 N–H and O–H groups in total. The highest BCUT2D eigenvalue weighted by Crippen LogP contribution is 2.14. The van der Waals surface area contributed by atoms with Gasteiger partial charge in [0.2, 0.25) is 0 Å². The van der Waals surface area contributed by atoms with E-state index < -0.39 is 12.1 Å².